The lowest BCUT2D eigenvalue weighted by Gasteiger charge is -2.17. The van der Waals surface area contributed by atoms with E-state index in [1.807, 2.05) is 37.3 Å². The zero-order chi connectivity index (χ0) is 15.4. The molecule has 3 nitrogen and oxygen atoms in total. The molecule has 0 saturated heterocycles. The minimum atomic E-state index is -0.201. The summed E-state index contributed by atoms with van der Waals surface area (Å²) in [7, 11) is 0. The molecule has 2 aromatic rings. The second-order valence-electron chi connectivity index (χ2n) is 5.14. The zero-order valence-corrected chi connectivity index (χ0v) is 12.4. The number of amides is 1. The van der Waals surface area contributed by atoms with Crippen molar-refractivity contribution in [3.63, 3.8) is 0 Å². The quantitative estimate of drug-likeness (QED) is 0.881. The van der Waals surface area contributed by atoms with Gasteiger partial charge >= 0.3 is 0 Å². The Morgan fingerprint density at radius 2 is 1.86 bits per heavy atom. The molecule has 0 spiro atoms. The number of hydrogen-bond donors (Lipinski definition) is 2. The molecule has 0 saturated carbocycles. The van der Waals surface area contributed by atoms with Crippen molar-refractivity contribution in [1.29, 1.82) is 0 Å². The van der Waals surface area contributed by atoms with Crippen LogP contribution in [0.15, 0.2) is 42.5 Å². The van der Waals surface area contributed by atoms with Crippen molar-refractivity contribution in [2.75, 3.05) is 10.6 Å². The van der Waals surface area contributed by atoms with Gasteiger partial charge in [0.05, 0.1) is 0 Å². The van der Waals surface area contributed by atoms with Gasteiger partial charge in [-0.2, -0.15) is 0 Å². The normalized spacial score (nSPS) is 11.8. The van der Waals surface area contributed by atoms with Crippen LogP contribution in [0.3, 0.4) is 0 Å². The SMILES string of the molecule is CC(=O)Nc1cccc(NC(C)c2ccc(C)c(F)c2)c1. The van der Waals surface area contributed by atoms with Crippen LogP contribution in [0.2, 0.25) is 0 Å². The molecule has 1 atom stereocenters. The summed E-state index contributed by atoms with van der Waals surface area (Å²) in [4.78, 5) is 11.1. The molecule has 0 heterocycles. The smallest absolute Gasteiger partial charge is 0.221 e. The lowest BCUT2D eigenvalue weighted by atomic mass is 10.1. The van der Waals surface area contributed by atoms with Gasteiger partial charge in [0.2, 0.25) is 5.91 Å². The number of benzene rings is 2. The van der Waals surface area contributed by atoms with Crippen LogP contribution in [0.1, 0.15) is 31.0 Å². The number of carbonyl (C=O) groups is 1. The van der Waals surface area contributed by atoms with Crippen molar-refractivity contribution in [2.45, 2.75) is 26.8 Å². The average molecular weight is 286 g/mol. The van der Waals surface area contributed by atoms with Crippen molar-refractivity contribution in [3.8, 4) is 0 Å². The van der Waals surface area contributed by atoms with Gasteiger partial charge in [-0.05, 0) is 49.2 Å². The summed E-state index contributed by atoms with van der Waals surface area (Å²) in [5.41, 5.74) is 3.12. The number of anilines is 2. The first-order valence-corrected chi connectivity index (χ1v) is 6.86. The molecular weight excluding hydrogens is 267 g/mol. The second-order valence-corrected chi connectivity index (χ2v) is 5.14. The predicted molar refractivity (Wildman–Crippen MR) is 83.9 cm³/mol. The van der Waals surface area contributed by atoms with Crippen molar-refractivity contribution >= 4 is 17.3 Å². The summed E-state index contributed by atoms with van der Waals surface area (Å²) in [6, 6.07) is 12.6. The van der Waals surface area contributed by atoms with Gasteiger partial charge in [0, 0.05) is 24.3 Å². The van der Waals surface area contributed by atoms with E-state index >= 15 is 0 Å². The van der Waals surface area contributed by atoms with Gasteiger partial charge in [-0.3, -0.25) is 4.79 Å². The van der Waals surface area contributed by atoms with E-state index in [0.717, 1.165) is 16.9 Å². The number of carbonyl (C=O) groups excluding carboxylic acids is 1. The topological polar surface area (TPSA) is 41.1 Å². The Labute approximate surface area is 124 Å². The predicted octanol–water partition coefficient (Wildman–Crippen LogP) is 4.27. The maximum atomic E-state index is 13.6. The molecule has 1 unspecified atom stereocenters. The number of aryl methyl sites for hydroxylation is 1. The van der Waals surface area contributed by atoms with E-state index in [4.69, 9.17) is 0 Å². The molecule has 4 heteroatoms. The maximum Gasteiger partial charge on any atom is 0.221 e. The van der Waals surface area contributed by atoms with Gasteiger partial charge in [-0.25, -0.2) is 4.39 Å². The molecule has 110 valence electrons. The van der Waals surface area contributed by atoms with E-state index in [9.17, 15) is 9.18 Å². The van der Waals surface area contributed by atoms with Crippen molar-refractivity contribution < 1.29 is 9.18 Å². The van der Waals surface area contributed by atoms with Crippen LogP contribution in [0.5, 0.6) is 0 Å². The Morgan fingerprint density at radius 1 is 1.14 bits per heavy atom. The monoisotopic (exact) mass is 286 g/mol. The van der Waals surface area contributed by atoms with E-state index in [1.165, 1.54) is 6.92 Å². The first-order valence-electron chi connectivity index (χ1n) is 6.86. The molecule has 2 aromatic carbocycles. The Balaban J connectivity index is 2.13. The van der Waals surface area contributed by atoms with Crippen LogP contribution in [0.4, 0.5) is 15.8 Å². The number of nitrogens with one attached hydrogen (secondary N) is 2. The number of halogens is 1. The first kappa shape index (κ1) is 15.0. The zero-order valence-electron chi connectivity index (χ0n) is 12.4. The number of rotatable bonds is 4. The van der Waals surface area contributed by atoms with Gasteiger partial charge in [0.1, 0.15) is 5.82 Å². The Bertz CT molecular complexity index is 655. The van der Waals surface area contributed by atoms with Crippen LogP contribution in [0.25, 0.3) is 0 Å². The molecule has 21 heavy (non-hydrogen) atoms. The fraction of sp³-hybridized carbons (Fsp3) is 0.235. The highest BCUT2D eigenvalue weighted by Gasteiger charge is 2.08. The molecule has 0 aliphatic heterocycles. The van der Waals surface area contributed by atoms with Gasteiger partial charge in [0.25, 0.3) is 0 Å². The van der Waals surface area contributed by atoms with E-state index in [0.29, 0.717) is 5.56 Å². The Hall–Kier alpha value is -2.36. The van der Waals surface area contributed by atoms with Crippen LogP contribution in [-0.2, 0) is 4.79 Å². The minimum Gasteiger partial charge on any atom is -0.378 e. The van der Waals surface area contributed by atoms with Gasteiger partial charge in [-0.15, -0.1) is 0 Å². The molecule has 1 amide bonds. The summed E-state index contributed by atoms with van der Waals surface area (Å²) in [6.07, 6.45) is 0. The highest BCUT2D eigenvalue weighted by molar-refractivity contribution is 5.89. The second kappa shape index (κ2) is 6.39. The van der Waals surface area contributed by atoms with Crippen LogP contribution >= 0.6 is 0 Å². The van der Waals surface area contributed by atoms with Gasteiger partial charge in [-0.1, -0.05) is 18.2 Å². The average Bonchev–Trinajstić information content (AvgIpc) is 2.41. The first-order chi connectivity index (χ1) is 9.95. The van der Waals surface area contributed by atoms with Crippen molar-refractivity contribution in [1.82, 2.24) is 0 Å². The highest BCUT2D eigenvalue weighted by Crippen LogP contribution is 2.23. The Morgan fingerprint density at radius 3 is 2.52 bits per heavy atom. The minimum absolute atomic E-state index is 0.0346. The summed E-state index contributed by atoms with van der Waals surface area (Å²) >= 11 is 0. The molecule has 2 N–H and O–H groups in total. The standard InChI is InChI=1S/C17H19FN2O/c1-11-7-8-14(9-17(11)18)12(2)19-15-5-4-6-16(10-15)20-13(3)21/h4-10,12,19H,1-3H3,(H,20,21). The summed E-state index contributed by atoms with van der Waals surface area (Å²) in [5, 5.41) is 6.04. The van der Waals surface area contributed by atoms with E-state index in [-0.39, 0.29) is 17.8 Å². The lowest BCUT2D eigenvalue weighted by molar-refractivity contribution is -0.114. The Kier molecular flexibility index (Phi) is 4.58. The fourth-order valence-electron chi connectivity index (χ4n) is 2.10. The largest absolute Gasteiger partial charge is 0.378 e. The molecule has 2 rings (SSSR count). The summed E-state index contributed by atoms with van der Waals surface area (Å²) < 4.78 is 13.6. The fourth-order valence-corrected chi connectivity index (χ4v) is 2.10. The lowest BCUT2D eigenvalue weighted by Crippen LogP contribution is -2.09. The van der Waals surface area contributed by atoms with Crippen molar-refractivity contribution in [2.24, 2.45) is 0 Å². The molecule has 0 bridgehead atoms. The third-order valence-electron chi connectivity index (χ3n) is 3.26. The molecule has 0 radical (unpaired) electrons. The molecule has 0 aliphatic rings. The maximum absolute atomic E-state index is 13.6. The molecular formula is C17H19FN2O. The van der Waals surface area contributed by atoms with Crippen LogP contribution < -0.4 is 10.6 Å². The van der Waals surface area contributed by atoms with E-state index < -0.39 is 0 Å². The third-order valence-corrected chi connectivity index (χ3v) is 3.26. The van der Waals surface area contributed by atoms with Crippen molar-refractivity contribution in [3.05, 3.63) is 59.4 Å². The molecule has 0 aliphatic carbocycles. The summed E-state index contributed by atoms with van der Waals surface area (Å²) in [5.74, 6) is -0.311. The van der Waals surface area contributed by atoms with Gasteiger partial charge in [0.15, 0.2) is 0 Å². The van der Waals surface area contributed by atoms with E-state index in [2.05, 4.69) is 10.6 Å². The van der Waals surface area contributed by atoms with Crippen LogP contribution in [-0.4, -0.2) is 5.91 Å². The molecule has 0 fully saturated rings. The summed E-state index contributed by atoms with van der Waals surface area (Å²) in [6.45, 7) is 5.18. The third kappa shape index (κ3) is 4.05. The highest BCUT2D eigenvalue weighted by atomic mass is 19.1. The van der Waals surface area contributed by atoms with Gasteiger partial charge < -0.3 is 10.6 Å². The molecule has 0 aromatic heterocycles. The van der Waals surface area contributed by atoms with Crippen LogP contribution in [0, 0.1) is 12.7 Å². The number of hydrogen-bond acceptors (Lipinski definition) is 2. The van der Waals surface area contributed by atoms with E-state index in [1.54, 1.807) is 19.1 Å².